The molecule has 2 aliphatic carbocycles. The van der Waals surface area contributed by atoms with Gasteiger partial charge in [-0.1, -0.05) is 32.6 Å². The minimum atomic E-state index is 0.260. The van der Waals surface area contributed by atoms with Crippen molar-refractivity contribution >= 4 is 0 Å². The lowest BCUT2D eigenvalue weighted by molar-refractivity contribution is 0.357. The first-order valence-corrected chi connectivity index (χ1v) is 7.42. The van der Waals surface area contributed by atoms with Gasteiger partial charge in [0.1, 0.15) is 0 Å². The Morgan fingerprint density at radius 1 is 1.12 bits per heavy atom. The molecule has 0 radical (unpaired) electrons. The molecule has 0 aromatic carbocycles. The Labute approximate surface area is 106 Å². The van der Waals surface area contributed by atoms with Crippen LogP contribution in [0.15, 0.2) is 0 Å². The zero-order valence-corrected chi connectivity index (χ0v) is 11.1. The third kappa shape index (κ3) is 3.71. The predicted molar refractivity (Wildman–Crippen MR) is 70.5 cm³/mol. The lowest BCUT2D eigenvalue weighted by atomic mass is 9.95. The number of hydrogen-bond donors (Lipinski definition) is 1. The molecular formula is C15H26N2. The lowest BCUT2D eigenvalue weighted by Crippen LogP contribution is -2.37. The van der Waals surface area contributed by atoms with E-state index in [9.17, 15) is 5.26 Å². The molecule has 4 unspecified atom stereocenters. The highest BCUT2D eigenvalue weighted by Crippen LogP contribution is 2.30. The van der Waals surface area contributed by atoms with Crippen LogP contribution in [0.5, 0.6) is 0 Å². The van der Waals surface area contributed by atoms with Crippen LogP contribution in [0.2, 0.25) is 0 Å². The molecule has 2 fully saturated rings. The largest absolute Gasteiger partial charge is 0.312 e. The average molecular weight is 234 g/mol. The summed E-state index contributed by atoms with van der Waals surface area (Å²) in [6, 6.07) is 2.99. The molecule has 0 amide bonds. The Balaban J connectivity index is 1.78. The van der Waals surface area contributed by atoms with E-state index in [1.54, 1.807) is 0 Å². The second kappa shape index (κ2) is 6.40. The Kier molecular flexibility index (Phi) is 4.86. The predicted octanol–water partition coefficient (Wildman–Crippen LogP) is 3.48. The van der Waals surface area contributed by atoms with Crippen molar-refractivity contribution in [2.45, 2.75) is 64.3 Å². The fraction of sp³-hybridized carbons (Fsp3) is 0.933. The van der Waals surface area contributed by atoms with Crippen LogP contribution in [0.25, 0.3) is 0 Å². The maximum Gasteiger partial charge on any atom is 0.0672 e. The molecule has 2 aliphatic rings. The van der Waals surface area contributed by atoms with Crippen LogP contribution in [-0.2, 0) is 0 Å². The molecule has 2 heteroatoms. The van der Waals surface area contributed by atoms with Crippen LogP contribution in [0.3, 0.4) is 0 Å². The van der Waals surface area contributed by atoms with E-state index in [0.717, 1.165) is 24.8 Å². The fourth-order valence-electron chi connectivity index (χ4n) is 3.53. The van der Waals surface area contributed by atoms with Crippen LogP contribution in [0, 0.1) is 29.1 Å². The Morgan fingerprint density at radius 3 is 2.65 bits per heavy atom. The van der Waals surface area contributed by atoms with Gasteiger partial charge in [0.15, 0.2) is 0 Å². The van der Waals surface area contributed by atoms with Crippen molar-refractivity contribution in [1.82, 2.24) is 5.32 Å². The molecule has 1 N–H and O–H groups in total. The standard InChI is InChI=1S/C15H26N2/c1-12-7-8-13(9-12)11-17-15-6-4-2-3-5-14(15)10-16/h12-15,17H,2-9,11H2,1H3. The molecule has 17 heavy (non-hydrogen) atoms. The molecular weight excluding hydrogens is 208 g/mol. The van der Waals surface area contributed by atoms with E-state index in [-0.39, 0.29) is 5.92 Å². The van der Waals surface area contributed by atoms with Gasteiger partial charge in [0.05, 0.1) is 12.0 Å². The number of rotatable bonds is 3. The minimum absolute atomic E-state index is 0.260. The third-order valence-corrected chi connectivity index (χ3v) is 4.65. The average Bonchev–Trinajstić information content (AvgIpc) is 2.63. The molecule has 0 spiro atoms. The summed E-state index contributed by atoms with van der Waals surface area (Å²) in [7, 11) is 0. The minimum Gasteiger partial charge on any atom is -0.312 e. The van der Waals surface area contributed by atoms with Gasteiger partial charge >= 0.3 is 0 Å². The van der Waals surface area contributed by atoms with Crippen molar-refractivity contribution in [3.8, 4) is 6.07 Å². The van der Waals surface area contributed by atoms with Crippen molar-refractivity contribution in [3.63, 3.8) is 0 Å². The van der Waals surface area contributed by atoms with Crippen LogP contribution in [0.4, 0.5) is 0 Å². The van der Waals surface area contributed by atoms with E-state index < -0.39 is 0 Å². The Bertz CT molecular complexity index is 269. The van der Waals surface area contributed by atoms with Crippen molar-refractivity contribution < 1.29 is 0 Å². The highest BCUT2D eigenvalue weighted by molar-refractivity contribution is 4.94. The van der Waals surface area contributed by atoms with Crippen molar-refractivity contribution in [2.24, 2.45) is 17.8 Å². The smallest absolute Gasteiger partial charge is 0.0672 e. The monoisotopic (exact) mass is 234 g/mol. The van der Waals surface area contributed by atoms with Gasteiger partial charge in [-0.3, -0.25) is 0 Å². The van der Waals surface area contributed by atoms with Gasteiger partial charge in [0.2, 0.25) is 0 Å². The van der Waals surface area contributed by atoms with E-state index >= 15 is 0 Å². The molecule has 0 saturated heterocycles. The first-order valence-electron chi connectivity index (χ1n) is 7.42. The van der Waals surface area contributed by atoms with Crippen molar-refractivity contribution in [2.75, 3.05) is 6.54 Å². The first kappa shape index (κ1) is 12.9. The molecule has 0 aromatic heterocycles. The molecule has 0 aromatic rings. The summed E-state index contributed by atoms with van der Waals surface area (Å²) >= 11 is 0. The highest BCUT2D eigenvalue weighted by atomic mass is 14.9. The quantitative estimate of drug-likeness (QED) is 0.759. The number of nitrogens with zero attached hydrogens (tertiary/aromatic N) is 1. The Morgan fingerprint density at radius 2 is 1.94 bits per heavy atom. The van der Waals surface area contributed by atoms with E-state index in [1.165, 1.54) is 44.9 Å². The molecule has 2 rings (SSSR count). The highest BCUT2D eigenvalue weighted by Gasteiger charge is 2.26. The normalized spacial score (nSPS) is 38.6. The van der Waals surface area contributed by atoms with Gasteiger partial charge in [-0.05, 0) is 44.1 Å². The van der Waals surface area contributed by atoms with Crippen LogP contribution in [-0.4, -0.2) is 12.6 Å². The number of nitriles is 1. The zero-order chi connectivity index (χ0) is 12.1. The van der Waals surface area contributed by atoms with Gasteiger partial charge in [-0.2, -0.15) is 5.26 Å². The summed E-state index contributed by atoms with van der Waals surface area (Å²) in [6.45, 7) is 3.51. The topological polar surface area (TPSA) is 35.8 Å². The third-order valence-electron chi connectivity index (χ3n) is 4.65. The lowest BCUT2D eigenvalue weighted by Gasteiger charge is -2.23. The summed E-state index contributed by atoms with van der Waals surface area (Å²) in [5, 5.41) is 12.9. The molecule has 2 nitrogen and oxygen atoms in total. The van der Waals surface area contributed by atoms with Crippen LogP contribution >= 0.6 is 0 Å². The van der Waals surface area contributed by atoms with Gasteiger partial charge in [0.25, 0.3) is 0 Å². The molecule has 4 atom stereocenters. The van der Waals surface area contributed by atoms with Crippen molar-refractivity contribution in [1.29, 1.82) is 5.26 Å². The SMILES string of the molecule is CC1CCC(CNC2CCCCCC2C#N)C1. The fourth-order valence-corrected chi connectivity index (χ4v) is 3.53. The second-order valence-corrected chi connectivity index (χ2v) is 6.17. The van der Waals surface area contributed by atoms with Crippen LogP contribution in [0.1, 0.15) is 58.3 Å². The summed E-state index contributed by atoms with van der Waals surface area (Å²) in [4.78, 5) is 0. The van der Waals surface area contributed by atoms with E-state index in [0.29, 0.717) is 6.04 Å². The molecule has 96 valence electrons. The maximum absolute atomic E-state index is 9.23. The maximum atomic E-state index is 9.23. The molecule has 2 saturated carbocycles. The van der Waals surface area contributed by atoms with Crippen molar-refractivity contribution in [3.05, 3.63) is 0 Å². The van der Waals surface area contributed by atoms with Gasteiger partial charge in [0, 0.05) is 6.04 Å². The summed E-state index contributed by atoms with van der Waals surface area (Å²) in [5.74, 6) is 2.05. The van der Waals surface area contributed by atoms with Gasteiger partial charge in [-0.25, -0.2) is 0 Å². The van der Waals surface area contributed by atoms with Gasteiger partial charge < -0.3 is 5.32 Å². The zero-order valence-electron chi connectivity index (χ0n) is 11.1. The summed E-state index contributed by atoms with van der Waals surface area (Å²) < 4.78 is 0. The van der Waals surface area contributed by atoms with Gasteiger partial charge in [-0.15, -0.1) is 0 Å². The van der Waals surface area contributed by atoms with E-state index in [2.05, 4.69) is 18.3 Å². The first-order chi connectivity index (χ1) is 8.29. The molecule has 0 bridgehead atoms. The Hall–Kier alpha value is -0.550. The summed E-state index contributed by atoms with van der Waals surface area (Å²) in [5.41, 5.74) is 0. The number of hydrogen-bond acceptors (Lipinski definition) is 2. The molecule has 0 heterocycles. The van der Waals surface area contributed by atoms with E-state index in [4.69, 9.17) is 0 Å². The van der Waals surface area contributed by atoms with E-state index in [1.807, 2.05) is 0 Å². The number of nitrogens with one attached hydrogen (secondary N) is 1. The molecule has 0 aliphatic heterocycles. The van der Waals surface area contributed by atoms with Crippen LogP contribution < -0.4 is 5.32 Å². The second-order valence-electron chi connectivity index (χ2n) is 6.17. The summed E-state index contributed by atoms with van der Waals surface area (Å²) in [6.07, 6.45) is 10.4.